The van der Waals surface area contributed by atoms with Crippen LogP contribution in [0.1, 0.15) is 5.56 Å². The van der Waals surface area contributed by atoms with E-state index in [1.54, 1.807) is 25.4 Å². The summed E-state index contributed by atoms with van der Waals surface area (Å²) in [6.07, 6.45) is 1.65. The van der Waals surface area contributed by atoms with E-state index in [1.165, 1.54) is 9.25 Å². The molecule has 1 aromatic carbocycles. The fourth-order valence-corrected chi connectivity index (χ4v) is 2.53. The minimum Gasteiger partial charge on any atom is -0.336 e. The topological polar surface area (TPSA) is 93.8 Å². The lowest BCUT2D eigenvalue weighted by Crippen LogP contribution is -2.34. The lowest BCUT2D eigenvalue weighted by Gasteiger charge is -2.07. The van der Waals surface area contributed by atoms with Crippen molar-refractivity contribution in [1.29, 1.82) is 0 Å². The van der Waals surface area contributed by atoms with Gasteiger partial charge in [0.05, 0.1) is 6.54 Å². The van der Waals surface area contributed by atoms with Crippen molar-refractivity contribution in [2.75, 3.05) is 11.9 Å². The number of hydrogen-bond donors (Lipinski definition) is 2. The number of carbonyl (C=O) groups is 1. The summed E-state index contributed by atoms with van der Waals surface area (Å²) >= 11 is 0. The van der Waals surface area contributed by atoms with Crippen molar-refractivity contribution < 1.29 is 4.79 Å². The number of nitrogens with one attached hydrogen (secondary N) is 2. The molecule has 26 heavy (non-hydrogen) atoms. The molecule has 2 aromatic heterocycles. The first-order chi connectivity index (χ1) is 12.5. The first-order valence-electron chi connectivity index (χ1n) is 8.21. The largest absolute Gasteiger partial charge is 0.346 e. The van der Waals surface area contributed by atoms with Crippen molar-refractivity contribution in [3.8, 4) is 11.5 Å². The van der Waals surface area contributed by atoms with E-state index in [0.29, 0.717) is 11.5 Å². The number of nitrogens with zero attached hydrogens (tertiary/aromatic N) is 4. The molecular formula is C18H20N6O2. The number of aromatic nitrogens is 4. The molecule has 0 bridgehead atoms. The van der Waals surface area contributed by atoms with Gasteiger partial charge < -0.3 is 10.6 Å². The van der Waals surface area contributed by atoms with Gasteiger partial charge in [0.25, 0.3) is 0 Å². The van der Waals surface area contributed by atoms with Crippen molar-refractivity contribution >= 4 is 11.7 Å². The minimum atomic E-state index is -0.329. The summed E-state index contributed by atoms with van der Waals surface area (Å²) in [5.41, 5.74) is 2.14. The Hall–Kier alpha value is -3.42. The third kappa shape index (κ3) is 3.97. The summed E-state index contributed by atoms with van der Waals surface area (Å²) in [4.78, 5) is 28.4. The van der Waals surface area contributed by atoms with Gasteiger partial charge in [0.1, 0.15) is 5.69 Å². The van der Waals surface area contributed by atoms with Gasteiger partial charge in [-0.15, -0.1) is 5.10 Å². The van der Waals surface area contributed by atoms with Crippen LogP contribution in [-0.2, 0) is 13.6 Å². The highest BCUT2D eigenvalue weighted by atomic mass is 16.2. The second-order valence-electron chi connectivity index (χ2n) is 5.85. The highest BCUT2D eigenvalue weighted by Gasteiger charge is 2.12. The maximum Gasteiger partial charge on any atom is 0.346 e. The first kappa shape index (κ1) is 17.4. The molecule has 3 rings (SSSR count). The second-order valence-corrected chi connectivity index (χ2v) is 5.85. The lowest BCUT2D eigenvalue weighted by atomic mass is 10.2. The van der Waals surface area contributed by atoms with E-state index in [1.807, 2.05) is 37.3 Å². The Morgan fingerprint density at radius 1 is 1.19 bits per heavy atom. The van der Waals surface area contributed by atoms with Gasteiger partial charge in [0, 0.05) is 25.5 Å². The number of amides is 2. The molecule has 8 nitrogen and oxygen atoms in total. The molecule has 0 saturated carbocycles. The molecule has 0 radical (unpaired) electrons. The zero-order valence-corrected chi connectivity index (χ0v) is 14.6. The minimum absolute atomic E-state index is 0.258. The fourth-order valence-electron chi connectivity index (χ4n) is 2.53. The summed E-state index contributed by atoms with van der Waals surface area (Å²) in [6, 6.07) is 12.6. The molecule has 0 atom stereocenters. The molecule has 134 valence electrons. The van der Waals surface area contributed by atoms with Crippen LogP contribution < -0.4 is 16.3 Å². The molecule has 0 aliphatic carbocycles. The van der Waals surface area contributed by atoms with Gasteiger partial charge in [0.2, 0.25) is 0 Å². The number of urea groups is 1. The van der Waals surface area contributed by atoms with Gasteiger partial charge in [-0.05, 0) is 36.8 Å². The quantitative estimate of drug-likeness (QED) is 0.732. The maximum absolute atomic E-state index is 12.3. The van der Waals surface area contributed by atoms with Crippen molar-refractivity contribution in [3.05, 3.63) is 64.7 Å². The normalized spacial score (nSPS) is 10.5. The Bertz CT molecular complexity index is 961. The zero-order chi connectivity index (χ0) is 18.5. The van der Waals surface area contributed by atoms with E-state index in [-0.39, 0.29) is 24.8 Å². The summed E-state index contributed by atoms with van der Waals surface area (Å²) in [5.74, 6) is 0.486. The van der Waals surface area contributed by atoms with Crippen molar-refractivity contribution in [3.63, 3.8) is 0 Å². The number of hydrogen-bond acceptors (Lipinski definition) is 4. The predicted octanol–water partition coefficient (Wildman–Crippen LogP) is 1.77. The fraction of sp³-hybridized carbons (Fsp3) is 0.222. The number of rotatable bonds is 5. The van der Waals surface area contributed by atoms with Crippen molar-refractivity contribution in [2.45, 2.75) is 13.5 Å². The van der Waals surface area contributed by atoms with E-state index in [9.17, 15) is 9.59 Å². The van der Waals surface area contributed by atoms with Gasteiger partial charge in [-0.2, -0.15) is 0 Å². The number of aryl methyl sites for hydroxylation is 1. The summed E-state index contributed by atoms with van der Waals surface area (Å²) in [5, 5.41) is 9.78. The van der Waals surface area contributed by atoms with E-state index in [0.717, 1.165) is 11.3 Å². The van der Waals surface area contributed by atoms with Crippen LogP contribution in [-0.4, -0.2) is 31.9 Å². The molecule has 0 fully saturated rings. The average Bonchev–Trinajstić information content (AvgIpc) is 2.91. The molecule has 0 saturated heterocycles. The molecule has 2 N–H and O–H groups in total. The Kier molecular flexibility index (Phi) is 5.12. The molecule has 2 heterocycles. The molecule has 0 unspecified atom stereocenters. The summed E-state index contributed by atoms with van der Waals surface area (Å²) < 4.78 is 2.76. The summed E-state index contributed by atoms with van der Waals surface area (Å²) in [6.45, 7) is 2.49. The van der Waals surface area contributed by atoms with Gasteiger partial charge in [0.15, 0.2) is 5.82 Å². The Labute approximate surface area is 150 Å². The molecule has 3 aromatic rings. The Morgan fingerprint density at radius 2 is 2.04 bits per heavy atom. The van der Waals surface area contributed by atoms with E-state index < -0.39 is 0 Å². The summed E-state index contributed by atoms with van der Waals surface area (Å²) in [7, 11) is 1.65. The monoisotopic (exact) mass is 352 g/mol. The number of anilines is 1. The maximum atomic E-state index is 12.3. The van der Waals surface area contributed by atoms with Crippen LogP contribution in [0.5, 0.6) is 0 Å². The number of carbonyl (C=O) groups excluding carboxylic acids is 1. The van der Waals surface area contributed by atoms with Crippen molar-refractivity contribution in [2.24, 2.45) is 7.05 Å². The van der Waals surface area contributed by atoms with E-state index in [2.05, 4.69) is 20.7 Å². The predicted molar refractivity (Wildman–Crippen MR) is 98.9 cm³/mol. The van der Waals surface area contributed by atoms with Crippen LogP contribution in [0.4, 0.5) is 10.5 Å². The molecule has 0 aliphatic heterocycles. The average molecular weight is 352 g/mol. The van der Waals surface area contributed by atoms with Gasteiger partial charge >= 0.3 is 11.7 Å². The Morgan fingerprint density at radius 3 is 2.77 bits per heavy atom. The smallest absolute Gasteiger partial charge is 0.336 e. The highest BCUT2D eigenvalue weighted by molar-refractivity contribution is 5.89. The van der Waals surface area contributed by atoms with Crippen LogP contribution in [0.3, 0.4) is 0 Å². The molecule has 0 spiro atoms. The third-order valence-corrected chi connectivity index (χ3v) is 3.82. The Balaban J connectivity index is 1.60. The lowest BCUT2D eigenvalue weighted by molar-refractivity contribution is 0.251. The van der Waals surface area contributed by atoms with Crippen LogP contribution in [0.25, 0.3) is 11.5 Å². The number of benzene rings is 1. The van der Waals surface area contributed by atoms with E-state index in [4.69, 9.17) is 0 Å². The van der Waals surface area contributed by atoms with Gasteiger partial charge in [-0.3, -0.25) is 9.55 Å². The van der Waals surface area contributed by atoms with Crippen LogP contribution >= 0.6 is 0 Å². The molecule has 0 aliphatic rings. The van der Waals surface area contributed by atoms with Crippen molar-refractivity contribution in [1.82, 2.24) is 24.6 Å². The molecule has 2 amide bonds. The van der Waals surface area contributed by atoms with Crippen LogP contribution in [0, 0.1) is 6.92 Å². The standard InChI is InChI=1S/C18H20N6O2/c1-13-6-5-7-14(12-13)21-17(25)20-10-11-24-18(26)23(2)16(22-24)15-8-3-4-9-19-15/h3-9,12H,10-11H2,1-2H3,(H2,20,21,25). The van der Waals surface area contributed by atoms with Crippen LogP contribution in [0.2, 0.25) is 0 Å². The van der Waals surface area contributed by atoms with Gasteiger partial charge in [-0.1, -0.05) is 18.2 Å². The zero-order valence-electron chi connectivity index (χ0n) is 14.6. The first-order valence-corrected chi connectivity index (χ1v) is 8.21. The highest BCUT2D eigenvalue weighted by Crippen LogP contribution is 2.10. The third-order valence-electron chi connectivity index (χ3n) is 3.82. The van der Waals surface area contributed by atoms with Crippen LogP contribution in [0.15, 0.2) is 53.5 Å². The van der Waals surface area contributed by atoms with E-state index >= 15 is 0 Å². The molecular weight excluding hydrogens is 332 g/mol. The number of pyridine rings is 1. The van der Waals surface area contributed by atoms with Gasteiger partial charge in [-0.25, -0.2) is 14.3 Å². The SMILES string of the molecule is Cc1cccc(NC(=O)NCCn2nc(-c3ccccn3)n(C)c2=O)c1. The molecule has 8 heteroatoms. The second kappa shape index (κ2) is 7.64.